The van der Waals surface area contributed by atoms with E-state index in [0.717, 1.165) is 11.3 Å². The molecule has 0 fully saturated rings. The molecule has 0 bridgehead atoms. The van der Waals surface area contributed by atoms with E-state index in [1.54, 1.807) is 58.8 Å². The van der Waals surface area contributed by atoms with E-state index in [1.165, 1.54) is 12.1 Å². The number of carbonyl (C=O) groups excluding carboxylic acids is 1. The maximum Gasteiger partial charge on any atom is 0.202 e. The lowest BCUT2D eigenvalue weighted by molar-refractivity contribution is 0.0970. The van der Waals surface area contributed by atoms with Gasteiger partial charge in [0.2, 0.25) is 5.62 Å². The fraction of sp³-hybridized carbons (Fsp3) is 0.111. The fourth-order valence-electron chi connectivity index (χ4n) is 2.49. The Morgan fingerprint density at radius 1 is 1.12 bits per heavy atom. The number of carbonyl (C=O) groups is 1. The van der Waals surface area contributed by atoms with Crippen molar-refractivity contribution in [3.8, 4) is 11.3 Å². The van der Waals surface area contributed by atoms with Crippen LogP contribution >= 0.6 is 11.6 Å². The minimum Gasteiger partial charge on any atom is -0.314 e. The van der Waals surface area contributed by atoms with Crippen LogP contribution in [-0.4, -0.2) is 14.9 Å². The monoisotopic (exact) mass is 343 g/mol. The molecule has 122 valence electrons. The van der Waals surface area contributed by atoms with E-state index < -0.39 is 0 Å². The second-order valence-electron chi connectivity index (χ2n) is 5.46. The summed E-state index contributed by atoms with van der Waals surface area (Å²) in [6.45, 7) is 0.0511. The number of rotatable bonds is 4. The Kier molecular flexibility index (Phi) is 4.36. The van der Waals surface area contributed by atoms with Crippen LogP contribution < -0.4 is 5.62 Å². The Balaban J connectivity index is 1.91. The summed E-state index contributed by atoms with van der Waals surface area (Å²) < 4.78 is 16.3. The van der Waals surface area contributed by atoms with Gasteiger partial charge in [-0.25, -0.2) is 4.39 Å². The number of Topliss-reactive ketones (excluding diaryl/α,β-unsaturated/α-hetero) is 1. The molecule has 0 atom stereocenters. The molecule has 1 heterocycles. The summed E-state index contributed by atoms with van der Waals surface area (Å²) in [4.78, 5) is 12.4. The lowest BCUT2D eigenvalue weighted by Gasteiger charge is -2.02. The first-order chi connectivity index (χ1) is 11.5. The number of nitrogens with one attached hydrogen (secondary N) is 1. The Morgan fingerprint density at radius 3 is 2.38 bits per heavy atom. The van der Waals surface area contributed by atoms with Crippen molar-refractivity contribution >= 4 is 17.4 Å². The van der Waals surface area contributed by atoms with E-state index >= 15 is 0 Å². The largest absolute Gasteiger partial charge is 0.314 e. The molecule has 0 amide bonds. The van der Waals surface area contributed by atoms with Gasteiger partial charge in [-0.1, -0.05) is 11.6 Å². The minimum absolute atomic E-state index is 0.0511. The third-order valence-corrected chi connectivity index (χ3v) is 4.10. The highest BCUT2D eigenvalue weighted by molar-refractivity contribution is 6.30. The first-order valence-electron chi connectivity index (χ1n) is 7.31. The minimum atomic E-state index is -0.315. The molecule has 3 rings (SSSR count). The smallest absolute Gasteiger partial charge is 0.202 e. The average molecular weight is 344 g/mol. The topological polar surface area (TPSA) is 50.8 Å². The Hall–Kier alpha value is -2.66. The molecule has 1 N–H and O–H groups in total. The molecule has 2 aromatic carbocycles. The van der Waals surface area contributed by atoms with E-state index in [9.17, 15) is 9.18 Å². The van der Waals surface area contributed by atoms with Crippen molar-refractivity contribution in [1.82, 2.24) is 9.13 Å². The normalized spacial score (nSPS) is 10.8. The average Bonchev–Trinajstić information content (AvgIpc) is 2.85. The van der Waals surface area contributed by atoms with Crippen LogP contribution in [0.4, 0.5) is 4.39 Å². The van der Waals surface area contributed by atoms with E-state index in [0.29, 0.717) is 10.6 Å². The molecule has 6 heteroatoms. The first-order valence-corrected chi connectivity index (χ1v) is 7.69. The molecule has 0 unspecified atom stereocenters. The number of halogens is 2. The number of nitrogens with zero attached hydrogens (tertiary/aromatic N) is 2. The summed E-state index contributed by atoms with van der Waals surface area (Å²) in [7, 11) is 1.74. The molecule has 0 aliphatic rings. The van der Waals surface area contributed by atoms with E-state index in [4.69, 9.17) is 17.0 Å². The van der Waals surface area contributed by atoms with Crippen LogP contribution in [0.25, 0.3) is 11.3 Å². The van der Waals surface area contributed by atoms with Gasteiger partial charge in [-0.05, 0) is 54.1 Å². The van der Waals surface area contributed by atoms with Crippen LogP contribution in [0.5, 0.6) is 0 Å². The number of imidazole rings is 1. The molecule has 0 radical (unpaired) electrons. The molecule has 24 heavy (non-hydrogen) atoms. The second-order valence-corrected chi connectivity index (χ2v) is 5.90. The molecular weight excluding hydrogens is 329 g/mol. The third-order valence-electron chi connectivity index (χ3n) is 3.85. The zero-order valence-electron chi connectivity index (χ0n) is 13.0. The molecule has 0 aliphatic carbocycles. The summed E-state index contributed by atoms with van der Waals surface area (Å²) in [5.41, 5.74) is 2.25. The second kappa shape index (κ2) is 6.45. The summed E-state index contributed by atoms with van der Waals surface area (Å²) >= 11 is 5.83. The third kappa shape index (κ3) is 3.16. The van der Waals surface area contributed by atoms with Crippen molar-refractivity contribution < 1.29 is 9.18 Å². The summed E-state index contributed by atoms with van der Waals surface area (Å²) in [5.74, 6) is -0.425. The fourth-order valence-corrected chi connectivity index (χ4v) is 2.62. The van der Waals surface area contributed by atoms with Crippen molar-refractivity contribution in [2.24, 2.45) is 7.05 Å². The van der Waals surface area contributed by atoms with E-state index in [2.05, 4.69) is 0 Å². The molecule has 0 saturated heterocycles. The number of hydrogen-bond acceptors (Lipinski definition) is 2. The molecular formula is C18H15ClFN3O. The van der Waals surface area contributed by atoms with E-state index in [-0.39, 0.29) is 23.8 Å². The summed E-state index contributed by atoms with van der Waals surface area (Å²) in [6, 6.07) is 12.7. The Labute approximate surface area is 143 Å². The Bertz CT molecular complexity index is 940. The van der Waals surface area contributed by atoms with Crippen LogP contribution in [0.2, 0.25) is 5.02 Å². The quantitative estimate of drug-likeness (QED) is 0.722. The van der Waals surface area contributed by atoms with Gasteiger partial charge in [-0.15, -0.1) is 0 Å². The van der Waals surface area contributed by atoms with Gasteiger partial charge >= 0.3 is 0 Å². The van der Waals surface area contributed by atoms with Gasteiger partial charge in [-0.2, -0.15) is 0 Å². The van der Waals surface area contributed by atoms with Crippen molar-refractivity contribution in [3.63, 3.8) is 0 Å². The summed E-state index contributed by atoms with van der Waals surface area (Å²) in [6.07, 6.45) is 1.73. The molecule has 3 aromatic rings. The van der Waals surface area contributed by atoms with Gasteiger partial charge in [0.05, 0.1) is 12.2 Å². The van der Waals surface area contributed by atoms with E-state index in [1.807, 2.05) is 0 Å². The van der Waals surface area contributed by atoms with Crippen LogP contribution in [0.15, 0.2) is 54.7 Å². The predicted octanol–water partition coefficient (Wildman–Crippen LogP) is 3.65. The van der Waals surface area contributed by atoms with Gasteiger partial charge in [0.1, 0.15) is 5.82 Å². The summed E-state index contributed by atoms with van der Waals surface area (Å²) in [5, 5.41) is 8.74. The molecule has 0 spiro atoms. The molecule has 1 aromatic heterocycles. The number of aromatic nitrogens is 2. The van der Waals surface area contributed by atoms with Gasteiger partial charge < -0.3 is 9.13 Å². The number of benzene rings is 2. The lowest BCUT2D eigenvalue weighted by atomic mass is 10.1. The zero-order chi connectivity index (χ0) is 17.3. The molecule has 0 saturated carbocycles. The van der Waals surface area contributed by atoms with Crippen molar-refractivity contribution in [2.45, 2.75) is 6.54 Å². The number of ketones is 1. The van der Waals surface area contributed by atoms with Crippen molar-refractivity contribution in [2.75, 3.05) is 0 Å². The standard InChI is InChI=1S/C18H15ClFN3O/c1-22-16(12-4-8-15(20)9-5-12)10-23(18(22)21)11-17(24)13-2-6-14(19)7-3-13/h2-10,21H,11H2,1H3. The predicted molar refractivity (Wildman–Crippen MR) is 90.4 cm³/mol. The van der Waals surface area contributed by atoms with Crippen LogP contribution in [-0.2, 0) is 13.6 Å². The van der Waals surface area contributed by atoms with Gasteiger partial charge in [0.25, 0.3) is 0 Å². The van der Waals surface area contributed by atoms with Gasteiger partial charge in [0, 0.05) is 23.8 Å². The maximum absolute atomic E-state index is 13.1. The van der Waals surface area contributed by atoms with Crippen molar-refractivity contribution in [3.05, 3.63) is 76.7 Å². The highest BCUT2D eigenvalue weighted by Crippen LogP contribution is 2.18. The van der Waals surface area contributed by atoms with Crippen molar-refractivity contribution in [1.29, 1.82) is 5.41 Å². The SMILES string of the molecule is Cn1c(-c2ccc(F)cc2)cn(CC(=O)c2ccc(Cl)cc2)c1=N. The van der Waals surface area contributed by atoms with Crippen LogP contribution in [0, 0.1) is 11.2 Å². The number of hydrogen-bond donors (Lipinski definition) is 1. The van der Waals surface area contributed by atoms with Crippen LogP contribution in [0.3, 0.4) is 0 Å². The maximum atomic E-state index is 13.1. The highest BCUT2D eigenvalue weighted by Gasteiger charge is 2.12. The molecule has 0 aliphatic heterocycles. The first kappa shape index (κ1) is 16.2. The highest BCUT2D eigenvalue weighted by atomic mass is 35.5. The lowest BCUT2D eigenvalue weighted by Crippen LogP contribution is -2.25. The van der Waals surface area contributed by atoms with Gasteiger partial charge in [0.15, 0.2) is 5.78 Å². The Morgan fingerprint density at radius 2 is 1.75 bits per heavy atom. The van der Waals surface area contributed by atoms with Crippen LogP contribution in [0.1, 0.15) is 10.4 Å². The molecule has 4 nitrogen and oxygen atoms in total. The zero-order valence-corrected chi connectivity index (χ0v) is 13.7. The van der Waals surface area contributed by atoms with Gasteiger partial charge in [-0.3, -0.25) is 10.2 Å².